The van der Waals surface area contributed by atoms with Crippen molar-refractivity contribution < 1.29 is 19.1 Å². The van der Waals surface area contributed by atoms with Gasteiger partial charge < -0.3 is 10.1 Å². The van der Waals surface area contributed by atoms with Gasteiger partial charge in [-0.25, -0.2) is 4.79 Å². The monoisotopic (exact) mass is 335 g/mol. The molecule has 3 amide bonds. The van der Waals surface area contributed by atoms with Crippen molar-refractivity contribution in [3.63, 3.8) is 0 Å². The highest BCUT2D eigenvalue weighted by Gasteiger charge is 2.29. The van der Waals surface area contributed by atoms with Gasteiger partial charge in [-0.1, -0.05) is 32.0 Å². The van der Waals surface area contributed by atoms with Crippen molar-refractivity contribution in [1.82, 2.24) is 10.2 Å². The first kappa shape index (κ1) is 19.6. The lowest BCUT2D eigenvalue weighted by Gasteiger charge is -2.27. The Labute approximate surface area is 142 Å². The van der Waals surface area contributed by atoms with Crippen LogP contribution in [0.5, 0.6) is 0 Å². The Morgan fingerprint density at radius 2 is 1.62 bits per heavy atom. The Morgan fingerprint density at radius 1 is 1.04 bits per heavy atom. The third-order valence-corrected chi connectivity index (χ3v) is 3.36. The number of imide groups is 1. The van der Waals surface area contributed by atoms with E-state index in [1.807, 2.05) is 19.9 Å². The van der Waals surface area contributed by atoms with Gasteiger partial charge in [-0.2, -0.15) is 0 Å². The number of rotatable bonds is 6. The summed E-state index contributed by atoms with van der Waals surface area (Å²) in [6.07, 6.45) is -1.07. The molecule has 7 heteroatoms. The number of benzene rings is 1. The van der Waals surface area contributed by atoms with E-state index in [2.05, 4.69) is 10.6 Å². The van der Waals surface area contributed by atoms with Crippen LogP contribution in [0.15, 0.2) is 30.3 Å². The van der Waals surface area contributed by atoms with Gasteiger partial charge in [0.2, 0.25) is 0 Å². The number of ether oxygens (including phenoxy) is 1. The number of amides is 3. The van der Waals surface area contributed by atoms with E-state index in [9.17, 15) is 14.4 Å². The van der Waals surface area contributed by atoms with Gasteiger partial charge in [-0.05, 0) is 39.1 Å². The Balaban J connectivity index is 2.55. The van der Waals surface area contributed by atoms with Crippen LogP contribution in [0, 0.1) is 5.92 Å². The smallest absolute Gasteiger partial charge is 0.325 e. The first-order valence-electron chi connectivity index (χ1n) is 7.76. The molecule has 0 fully saturated rings. The maximum absolute atomic E-state index is 12.2. The summed E-state index contributed by atoms with van der Waals surface area (Å²) < 4.78 is 5.18. The van der Waals surface area contributed by atoms with E-state index in [1.165, 1.54) is 6.92 Å². The summed E-state index contributed by atoms with van der Waals surface area (Å²) in [5.41, 5.74) is 0.555. The van der Waals surface area contributed by atoms with E-state index in [4.69, 9.17) is 4.74 Å². The third-order valence-electron chi connectivity index (χ3n) is 3.36. The molecule has 0 spiro atoms. The zero-order valence-corrected chi connectivity index (χ0v) is 14.7. The van der Waals surface area contributed by atoms with E-state index in [-0.39, 0.29) is 5.92 Å². The van der Waals surface area contributed by atoms with E-state index in [0.29, 0.717) is 5.69 Å². The van der Waals surface area contributed by atoms with E-state index < -0.39 is 30.1 Å². The largest absolute Gasteiger partial charge is 0.451 e. The fraction of sp³-hybridized carbons (Fsp3) is 0.471. The summed E-state index contributed by atoms with van der Waals surface area (Å²) >= 11 is 0. The van der Waals surface area contributed by atoms with Crippen LogP contribution in [0.2, 0.25) is 0 Å². The number of carbonyl (C=O) groups is 3. The summed E-state index contributed by atoms with van der Waals surface area (Å²) in [5.74, 6) is -1.15. The van der Waals surface area contributed by atoms with Gasteiger partial charge in [0.25, 0.3) is 5.91 Å². The van der Waals surface area contributed by atoms with E-state index >= 15 is 0 Å². The zero-order chi connectivity index (χ0) is 18.3. The molecule has 24 heavy (non-hydrogen) atoms. The van der Waals surface area contributed by atoms with Crippen molar-refractivity contribution in [3.05, 3.63) is 30.3 Å². The summed E-state index contributed by atoms with van der Waals surface area (Å²) in [7, 11) is 3.54. The number of hydrogen-bond donors (Lipinski definition) is 2. The lowest BCUT2D eigenvalue weighted by atomic mass is 10.0. The first-order valence-corrected chi connectivity index (χ1v) is 7.76. The summed E-state index contributed by atoms with van der Waals surface area (Å²) in [5, 5.41) is 4.67. The number of urea groups is 1. The number of carbonyl (C=O) groups excluding carboxylic acids is 3. The molecule has 0 aliphatic carbocycles. The quantitative estimate of drug-likeness (QED) is 0.775. The molecule has 0 aromatic heterocycles. The highest BCUT2D eigenvalue weighted by molar-refractivity contribution is 6.02. The van der Waals surface area contributed by atoms with Crippen LogP contribution in [0.25, 0.3) is 0 Å². The Hall–Kier alpha value is -2.41. The topological polar surface area (TPSA) is 87.7 Å². The highest BCUT2D eigenvalue weighted by atomic mass is 16.5. The summed E-state index contributed by atoms with van der Waals surface area (Å²) in [6.45, 7) is 5.21. The average Bonchev–Trinajstić information content (AvgIpc) is 2.46. The van der Waals surface area contributed by atoms with Gasteiger partial charge in [0.1, 0.15) is 6.04 Å². The molecule has 2 N–H and O–H groups in total. The fourth-order valence-corrected chi connectivity index (χ4v) is 2.27. The average molecular weight is 335 g/mol. The van der Waals surface area contributed by atoms with Crippen molar-refractivity contribution in [1.29, 1.82) is 0 Å². The van der Waals surface area contributed by atoms with E-state index in [1.54, 1.807) is 43.3 Å². The number of hydrogen-bond acceptors (Lipinski definition) is 5. The molecule has 0 heterocycles. The first-order chi connectivity index (χ1) is 11.2. The van der Waals surface area contributed by atoms with Crippen LogP contribution in [-0.2, 0) is 14.3 Å². The molecule has 0 saturated heterocycles. The molecule has 0 aliphatic rings. The lowest BCUT2D eigenvalue weighted by molar-refractivity contribution is -0.160. The second kappa shape index (κ2) is 9.02. The van der Waals surface area contributed by atoms with Crippen LogP contribution < -0.4 is 10.6 Å². The minimum Gasteiger partial charge on any atom is -0.451 e. The van der Waals surface area contributed by atoms with Crippen LogP contribution in [0.1, 0.15) is 20.8 Å². The van der Waals surface area contributed by atoms with Gasteiger partial charge in [0.15, 0.2) is 6.10 Å². The number of nitrogens with one attached hydrogen (secondary N) is 2. The summed E-state index contributed by atoms with van der Waals surface area (Å²) in [6, 6.07) is 7.58. The van der Waals surface area contributed by atoms with Crippen LogP contribution in [0.3, 0.4) is 0 Å². The molecule has 1 aromatic carbocycles. The Kier molecular flexibility index (Phi) is 7.38. The molecular weight excluding hydrogens is 310 g/mol. The van der Waals surface area contributed by atoms with Crippen LogP contribution in [-0.4, -0.2) is 49.0 Å². The molecule has 0 aliphatic heterocycles. The molecule has 0 bridgehead atoms. The van der Waals surface area contributed by atoms with Gasteiger partial charge in [-0.3, -0.25) is 19.8 Å². The molecule has 1 rings (SSSR count). The molecular formula is C17H25N3O4. The predicted molar refractivity (Wildman–Crippen MR) is 91.5 cm³/mol. The second-order valence-electron chi connectivity index (χ2n) is 6.04. The molecule has 2 atom stereocenters. The molecule has 132 valence electrons. The van der Waals surface area contributed by atoms with Gasteiger partial charge in [0.05, 0.1) is 0 Å². The van der Waals surface area contributed by atoms with Crippen LogP contribution in [0.4, 0.5) is 10.5 Å². The molecule has 1 aromatic rings. The van der Waals surface area contributed by atoms with Crippen molar-refractivity contribution in [2.45, 2.75) is 32.9 Å². The fourth-order valence-electron chi connectivity index (χ4n) is 2.27. The highest BCUT2D eigenvalue weighted by Crippen LogP contribution is 2.11. The molecule has 7 nitrogen and oxygen atoms in total. The Morgan fingerprint density at radius 3 is 2.12 bits per heavy atom. The maximum Gasteiger partial charge on any atom is 0.325 e. The minimum atomic E-state index is -1.07. The van der Waals surface area contributed by atoms with Gasteiger partial charge >= 0.3 is 12.0 Å². The standard InChI is InChI=1S/C17H25N3O4/c1-11(2)14(20(4)5)16(22)24-12(3)15(21)19-17(23)18-13-9-7-6-8-10-13/h6-12,14H,1-5H3,(H2,18,19,21,23)/t12-,14-/m1/s1. The molecule has 0 unspecified atom stereocenters. The SMILES string of the molecule is CC(C)[C@H](C(=O)O[C@H](C)C(=O)NC(=O)Nc1ccccc1)N(C)C. The van der Waals surface area contributed by atoms with E-state index in [0.717, 1.165) is 0 Å². The normalized spacial score (nSPS) is 13.3. The molecule has 0 radical (unpaired) electrons. The number of esters is 1. The number of likely N-dealkylation sites (N-methyl/N-ethyl adjacent to an activating group) is 1. The third kappa shape index (κ3) is 6.00. The van der Waals surface area contributed by atoms with Crippen molar-refractivity contribution in [2.75, 3.05) is 19.4 Å². The number of nitrogens with zero attached hydrogens (tertiary/aromatic N) is 1. The minimum absolute atomic E-state index is 0.0316. The Bertz CT molecular complexity index is 564. The van der Waals surface area contributed by atoms with Crippen molar-refractivity contribution >= 4 is 23.6 Å². The van der Waals surface area contributed by atoms with Crippen molar-refractivity contribution in [3.8, 4) is 0 Å². The second-order valence-corrected chi connectivity index (χ2v) is 6.04. The predicted octanol–water partition coefficient (Wildman–Crippen LogP) is 1.85. The summed E-state index contributed by atoms with van der Waals surface area (Å²) in [4.78, 5) is 37.7. The maximum atomic E-state index is 12.2. The van der Waals surface area contributed by atoms with Gasteiger partial charge in [-0.15, -0.1) is 0 Å². The lowest BCUT2D eigenvalue weighted by Crippen LogP contribution is -2.46. The zero-order valence-electron chi connectivity index (χ0n) is 14.7. The number of anilines is 1. The van der Waals surface area contributed by atoms with Crippen molar-refractivity contribution in [2.24, 2.45) is 5.92 Å². The van der Waals surface area contributed by atoms with Gasteiger partial charge in [0, 0.05) is 5.69 Å². The van der Waals surface area contributed by atoms with Crippen LogP contribution >= 0.6 is 0 Å². The number of para-hydroxylation sites is 1. The molecule has 0 saturated carbocycles.